The van der Waals surface area contributed by atoms with Crippen LogP contribution in [0, 0.1) is 0 Å². The summed E-state index contributed by atoms with van der Waals surface area (Å²) in [5, 5.41) is 0.736. The molecule has 1 aliphatic rings. The van der Waals surface area contributed by atoms with Gasteiger partial charge in [-0.3, -0.25) is 4.90 Å². The molecule has 1 fully saturated rings. The van der Waals surface area contributed by atoms with E-state index < -0.39 is 0 Å². The number of methoxy groups -OCH3 is 1. The Hall–Kier alpha value is -2.53. The second-order valence-electron chi connectivity index (χ2n) is 8.23. The molecule has 1 saturated heterocycles. The maximum absolute atomic E-state index is 6.39. The van der Waals surface area contributed by atoms with Crippen LogP contribution in [0.3, 0.4) is 0 Å². The lowest BCUT2D eigenvalue weighted by molar-refractivity contribution is 0.107. The van der Waals surface area contributed by atoms with E-state index in [0.29, 0.717) is 0 Å². The van der Waals surface area contributed by atoms with Gasteiger partial charge in [0.25, 0.3) is 0 Å². The standard InChI is InChI=1S/C27H31ClN2O2/c1-31-25-10-12-26(13-11-25)32-27(23-8-5-9-24(28)20-23)14-15-29-16-18-30(19-17-29)21-22-6-3-2-4-7-22/h2-13,20,27H,14-19,21H2,1H3/t27-/m0/s1. The highest BCUT2D eigenvalue weighted by atomic mass is 35.5. The highest BCUT2D eigenvalue weighted by molar-refractivity contribution is 6.30. The molecule has 0 spiro atoms. The van der Waals surface area contributed by atoms with Crippen molar-refractivity contribution >= 4 is 11.6 Å². The molecule has 1 heterocycles. The van der Waals surface area contributed by atoms with Crippen LogP contribution in [0.4, 0.5) is 0 Å². The lowest BCUT2D eigenvalue weighted by Crippen LogP contribution is -2.46. The molecule has 1 atom stereocenters. The smallest absolute Gasteiger partial charge is 0.125 e. The first-order valence-electron chi connectivity index (χ1n) is 11.2. The highest BCUT2D eigenvalue weighted by Gasteiger charge is 2.20. The van der Waals surface area contributed by atoms with Crippen LogP contribution in [0.25, 0.3) is 0 Å². The first-order chi connectivity index (χ1) is 15.7. The predicted molar refractivity (Wildman–Crippen MR) is 131 cm³/mol. The molecule has 0 radical (unpaired) electrons. The average Bonchev–Trinajstić information content (AvgIpc) is 2.84. The first-order valence-corrected chi connectivity index (χ1v) is 11.6. The number of hydrogen-bond donors (Lipinski definition) is 0. The molecule has 3 aromatic carbocycles. The molecular formula is C27H31ClN2O2. The van der Waals surface area contributed by atoms with E-state index in [2.05, 4.69) is 46.2 Å². The molecule has 4 nitrogen and oxygen atoms in total. The van der Waals surface area contributed by atoms with Crippen molar-refractivity contribution < 1.29 is 9.47 Å². The summed E-state index contributed by atoms with van der Waals surface area (Å²) in [5.74, 6) is 1.66. The second-order valence-corrected chi connectivity index (χ2v) is 8.67. The zero-order valence-corrected chi connectivity index (χ0v) is 19.4. The first kappa shape index (κ1) is 22.7. The van der Waals surface area contributed by atoms with Gasteiger partial charge in [0.2, 0.25) is 0 Å². The number of halogens is 1. The van der Waals surface area contributed by atoms with E-state index in [0.717, 1.165) is 67.8 Å². The molecule has 168 valence electrons. The molecule has 0 unspecified atom stereocenters. The van der Waals surface area contributed by atoms with Gasteiger partial charge in [-0.15, -0.1) is 0 Å². The fraction of sp³-hybridized carbons (Fsp3) is 0.333. The second kappa shape index (κ2) is 11.4. The zero-order chi connectivity index (χ0) is 22.2. The van der Waals surface area contributed by atoms with Gasteiger partial charge in [-0.25, -0.2) is 0 Å². The van der Waals surface area contributed by atoms with E-state index in [1.165, 1.54) is 5.56 Å². The van der Waals surface area contributed by atoms with Crippen LogP contribution in [0.15, 0.2) is 78.9 Å². The number of ether oxygens (including phenoxy) is 2. The third kappa shape index (κ3) is 6.49. The Morgan fingerprint density at radius 2 is 1.50 bits per heavy atom. The zero-order valence-electron chi connectivity index (χ0n) is 18.6. The summed E-state index contributed by atoms with van der Waals surface area (Å²) >= 11 is 6.27. The molecule has 0 aromatic heterocycles. The Labute approximate surface area is 196 Å². The summed E-state index contributed by atoms with van der Waals surface area (Å²) in [6.07, 6.45) is 0.856. The molecule has 0 saturated carbocycles. The Kier molecular flexibility index (Phi) is 8.05. The summed E-state index contributed by atoms with van der Waals surface area (Å²) < 4.78 is 11.7. The van der Waals surface area contributed by atoms with Crippen molar-refractivity contribution in [2.24, 2.45) is 0 Å². The van der Waals surface area contributed by atoms with Crippen LogP contribution in [-0.2, 0) is 6.54 Å². The van der Waals surface area contributed by atoms with Gasteiger partial charge >= 0.3 is 0 Å². The van der Waals surface area contributed by atoms with Gasteiger partial charge < -0.3 is 14.4 Å². The van der Waals surface area contributed by atoms with Crippen LogP contribution in [0.5, 0.6) is 11.5 Å². The summed E-state index contributed by atoms with van der Waals surface area (Å²) in [6.45, 7) is 6.37. The number of rotatable bonds is 9. The van der Waals surface area contributed by atoms with Crippen molar-refractivity contribution in [1.29, 1.82) is 0 Å². The molecule has 1 aliphatic heterocycles. The Morgan fingerprint density at radius 1 is 0.812 bits per heavy atom. The largest absolute Gasteiger partial charge is 0.497 e. The Morgan fingerprint density at radius 3 is 2.19 bits per heavy atom. The quantitative estimate of drug-likeness (QED) is 0.419. The minimum atomic E-state index is -0.0514. The minimum Gasteiger partial charge on any atom is -0.497 e. The van der Waals surface area contributed by atoms with Gasteiger partial charge in [-0.1, -0.05) is 54.1 Å². The van der Waals surface area contributed by atoms with E-state index in [1.54, 1.807) is 7.11 Å². The Bertz CT molecular complexity index is 957. The van der Waals surface area contributed by atoms with E-state index in [9.17, 15) is 0 Å². The number of nitrogens with zero attached hydrogens (tertiary/aromatic N) is 2. The fourth-order valence-electron chi connectivity index (χ4n) is 4.13. The summed E-state index contributed by atoms with van der Waals surface area (Å²) in [5.41, 5.74) is 2.49. The molecule has 4 rings (SSSR count). The van der Waals surface area contributed by atoms with Crippen molar-refractivity contribution in [2.45, 2.75) is 19.1 Å². The molecule has 5 heteroatoms. The summed E-state index contributed by atoms with van der Waals surface area (Å²) in [7, 11) is 1.67. The predicted octanol–water partition coefficient (Wildman–Crippen LogP) is 5.68. The van der Waals surface area contributed by atoms with Gasteiger partial charge in [0.05, 0.1) is 7.11 Å². The van der Waals surface area contributed by atoms with Crippen LogP contribution in [0.1, 0.15) is 23.7 Å². The Balaban J connectivity index is 1.34. The van der Waals surface area contributed by atoms with Gasteiger partial charge in [-0.05, 0) is 47.5 Å². The normalized spacial score (nSPS) is 15.9. The van der Waals surface area contributed by atoms with Crippen LogP contribution < -0.4 is 9.47 Å². The molecule has 3 aromatic rings. The highest BCUT2D eigenvalue weighted by Crippen LogP contribution is 2.28. The molecule has 0 N–H and O–H groups in total. The lowest BCUT2D eigenvalue weighted by atomic mass is 10.1. The van der Waals surface area contributed by atoms with Gasteiger partial charge in [0.1, 0.15) is 17.6 Å². The van der Waals surface area contributed by atoms with E-state index in [-0.39, 0.29) is 6.10 Å². The molecule has 0 aliphatic carbocycles. The maximum atomic E-state index is 6.39. The van der Waals surface area contributed by atoms with Gasteiger partial charge in [0, 0.05) is 50.7 Å². The molecular weight excluding hydrogens is 420 g/mol. The molecule has 32 heavy (non-hydrogen) atoms. The maximum Gasteiger partial charge on any atom is 0.125 e. The number of hydrogen-bond acceptors (Lipinski definition) is 4. The molecule has 0 bridgehead atoms. The molecule has 0 amide bonds. The van der Waals surface area contributed by atoms with Crippen molar-refractivity contribution in [3.63, 3.8) is 0 Å². The van der Waals surface area contributed by atoms with Crippen LogP contribution in [-0.4, -0.2) is 49.6 Å². The minimum absolute atomic E-state index is 0.0514. The SMILES string of the molecule is COc1ccc(O[C@@H](CCN2CCN(Cc3ccccc3)CC2)c2cccc(Cl)c2)cc1. The van der Waals surface area contributed by atoms with Crippen molar-refractivity contribution in [2.75, 3.05) is 39.8 Å². The van der Waals surface area contributed by atoms with E-state index in [4.69, 9.17) is 21.1 Å². The third-order valence-corrected chi connectivity index (χ3v) is 6.21. The average molecular weight is 451 g/mol. The monoisotopic (exact) mass is 450 g/mol. The number of piperazine rings is 1. The topological polar surface area (TPSA) is 24.9 Å². The third-order valence-electron chi connectivity index (χ3n) is 5.98. The number of benzene rings is 3. The summed E-state index contributed by atoms with van der Waals surface area (Å²) in [6, 6.07) is 26.5. The van der Waals surface area contributed by atoms with Gasteiger partial charge in [-0.2, -0.15) is 0 Å². The summed E-state index contributed by atoms with van der Waals surface area (Å²) in [4.78, 5) is 5.07. The lowest BCUT2D eigenvalue weighted by Gasteiger charge is -2.35. The van der Waals surface area contributed by atoms with Crippen LogP contribution in [0.2, 0.25) is 5.02 Å². The fourth-order valence-corrected chi connectivity index (χ4v) is 4.33. The van der Waals surface area contributed by atoms with E-state index in [1.807, 2.05) is 42.5 Å². The van der Waals surface area contributed by atoms with Gasteiger partial charge in [0.15, 0.2) is 0 Å². The van der Waals surface area contributed by atoms with Crippen LogP contribution >= 0.6 is 11.6 Å². The van der Waals surface area contributed by atoms with Crippen molar-refractivity contribution in [1.82, 2.24) is 9.80 Å². The van der Waals surface area contributed by atoms with Crippen molar-refractivity contribution in [3.05, 3.63) is 95.0 Å². The van der Waals surface area contributed by atoms with Crippen molar-refractivity contribution in [3.8, 4) is 11.5 Å². The van der Waals surface area contributed by atoms with E-state index >= 15 is 0 Å².